The molecule has 1 unspecified atom stereocenters. The molecule has 1 rings (SSSR count). The smallest absolute Gasteiger partial charge is 0.131 e. The maximum Gasteiger partial charge on any atom is 0.131 e. The monoisotopic (exact) mass is 206 g/mol. The summed E-state index contributed by atoms with van der Waals surface area (Å²) in [5.41, 5.74) is -0.199. The normalized spacial score (nSPS) is 15.1. The van der Waals surface area contributed by atoms with Gasteiger partial charge in [-0.15, -0.1) is 0 Å². The zero-order valence-electron chi connectivity index (χ0n) is 6.83. The lowest BCUT2D eigenvalue weighted by molar-refractivity contribution is 0.566. The van der Waals surface area contributed by atoms with Gasteiger partial charge in [-0.3, -0.25) is 0 Å². The van der Waals surface area contributed by atoms with Crippen LogP contribution in [0.1, 0.15) is 5.56 Å². The van der Waals surface area contributed by atoms with Crippen molar-refractivity contribution in [3.8, 4) is 0 Å². The fourth-order valence-corrected chi connectivity index (χ4v) is 1.49. The van der Waals surface area contributed by atoms with E-state index in [1.54, 1.807) is 0 Å². The first kappa shape index (κ1) is 10.1. The molecular formula is C8H8F2O2S. The minimum Gasteiger partial charge on any atom is -0.314 e. The fraction of sp³-hybridized carbons (Fsp3) is 0.125. The topological polar surface area (TPSA) is 37.3 Å². The second-order valence-electron chi connectivity index (χ2n) is 2.64. The number of benzene rings is 1. The largest absolute Gasteiger partial charge is 0.314 e. The first-order valence-corrected chi connectivity index (χ1v) is 5.38. The summed E-state index contributed by atoms with van der Waals surface area (Å²) in [6, 6.07) is 2.72. The second-order valence-corrected chi connectivity index (χ2v) is 4.60. The highest BCUT2D eigenvalue weighted by Gasteiger charge is 2.02. The number of rotatable bonds is 1. The van der Waals surface area contributed by atoms with Crippen LogP contribution in [0.2, 0.25) is 0 Å². The highest BCUT2D eigenvalue weighted by atomic mass is 32.2. The predicted molar refractivity (Wildman–Crippen MR) is 48.2 cm³/mol. The van der Waals surface area contributed by atoms with Gasteiger partial charge in [0.2, 0.25) is 0 Å². The predicted octanol–water partition coefficient (Wildman–Crippen LogP) is 1.50. The van der Waals surface area contributed by atoms with E-state index >= 15 is 0 Å². The molecule has 0 saturated carbocycles. The van der Waals surface area contributed by atoms with E-state index in [1.165, 1.54) is 0 Å². The minimum atomic E-state index is -3.20. The molecule has 0 spiro atoms. The summed E-state index contributed by atoms with van der Waals surface area (Å²) in [4.78, 5) is 0. The minimum absolute atomic E-state index is 0.199. The first-order valence-electron chi connectivity index (χ1n) is 3.40. The first-order chi connectivity index (χ1) is 5.88. The van der Waals surface area contributed by atoms with Gasteiger partial charge in [-0.05, 0) is 18.2 Å². The molecule has 0 aliphatic rings. The van der Waals surface area contributed by atoms with Crippen LogP contribution in [-0.2, 0) is 9.80 Å². The Kier molecular flexibility index (Phi) is 2.68. The molecule has 1 atom stereocenters. The van der Waals surface area contributed by atoms with Gasteiger partial charge in [0.15, 0.2) is 0 Å². The van der Waals surface area contributed by atoms with Gasteiger partial charge in [-0.25, -0.2) is 13.0 Å². The van der Waals surface area contributed by atoms with E-state index in [4.69, 9.17) is 4.55 Å². The van der Waals surface area contributed by atoms with E-state index < -0.39 is 21.4 Å². The Morgan fingerprint density at radius 1 is 1.46 bits per heavy atom. The summed E-state index contributed by atoms with van der Waals surface area (Å²) in [6.07, 6.45) is 1.03. The van der Waals surface area contributed by atoms with E-state index in [1.807, 2.05) is 0 Å². The van der Waals surface area contributed by atoms with Crippen LogP contribution < -0.4 is 0 Å². The molecule has 0 amide bonds. The van der Waals surface area contributed by atoms with Crippen LogP contribution in [0.3, 0.4) is 0 Å². The quantitative estimate of drug-likeness (QED) is 0.707. The molecule has 0 saturated heterocycles. The Morgan fingerprint density at radius 2 is 2.08 bits per heavy atom. The molecule has 2 nitrogen and oxygen atoms in total. The average molecular weight is 206 g/mol. The van der Waals surface area contributed by atoms with Crippen LogP contribution in [0.25, 0.3) is 0 Å². The SMILES string of the molecule is CS(=O)(O)=Cc1cc(F)ccc1F. The van der Waals surface area contributed by atoms with Crippen LogP contribution in [0, 0.1) is 11.6 Å². The van der Waals surface area contributed by atoms with Crippen molar-refractivity contribution in [1.82, 2.24) is 0 Å². The Morgan fingerprint density at radius 3 is 2.62 bits per heavy atom. The molecule has 1 aromatic rings. The fourth-order valence-electron chi connectivity index (χ4n) is 0.841. The standard InChI is InChI=1S/C8H8F2O2S/c1-13(11,12)5-6-4-7(9)2-3-8(6)10/h2-5H,1H3,(H,11,12). The molecule has 0 heterocycles. The molecule has 0 aliphatic heterocycles. The summed E-state index contributed by atoms with van der Waals surface area (Å²) < 4.78 is 45.1. The van der Waals surface area contributed by atoms with Crippen molar-refractivity contribution in [2.24, 2.45) is 0 Å². The number of hydrogen-bond acceptors (Lipinski definition) is 1. The Labute approximate surface area is 75.0 Å². The van der Waals surface area contributed by atoms with E-state index in [-0.39, 0.29) is 5.56 Å². The molecule has 13 heavy (non-hydrogen) atoms. The Bertz CT molecular complexity index is 426. The van der Waals surface area contributed by atoms with Crippen LogP contribution in [0.4, 0.5) is 8.78 Å². The maximum absolute atomic E-state index is 12.9. The summed E-state index contributed by atoms with van der Waals surface area (Å²) >= 11 is 0. The van der Waals surface area contributed by atoms with Crippen molar-refractivity contribution >= 4 is 15.2 Å². The molecule has 0 radical (unpaired) electrons. The van der Waals surface area contributed by atoms with Crippen molar-refractivity contribution in [1.29, 1.82) is 0 Å². The summed E-state index contributed by atoms with van der Waals surface area (Å²) in [6.45, 7) is 0. The number of hydrogen-bond donors (Lipinski definition) is 1. The molecule has 1 aromatic carbocycles. The summed E-state index contributed by atoms with van der Waals surface area (Å²) in [7, 11) is -3.20. The molecule has 72 valence electrons. The Balaban J connectivity index is 3.31. The summed E-state index contributed by atoms with van der Waals surface area (Å²) in [5, 5.41) is 0.797. The van der Waals surface area contributed by atoms with Gasteiger partial charge in [0.05, 0.1) is 9.80 Å². The highest BCUT2D eigenvalue weighted by Crippen LogP contribution is 2.07. The second kappa shape index (κ2) is 3.43. The molecule has 0 aliphatic carbocycles. The molecular weight excluding hydrogens is 198 g/mol. The zero-order valence-corrected chi connectivity index (χ0v) is 7.65. The summed E-state index contributed by atoms with van der Waals surface area (Å²) in [5.74, 6) is -1.36. The van der Waals surface area contributed by atoms with Crippen molar-refractivity contribution < 1.29 is 17.5 Å². The Hall–Kier alpha value is -0.940. The van der Waals surface area contributed by atoms with Crippen LogP contribution in [-0.4, -0.2) is 20.4 Å². The van der Waals surface area contributed by atoms with Gasteiger partial charge in [0, 0.05) is 17.2 Å². The van der Waals surface area contributed by atoms with Crippen molar-refractivity contribution in [2.75, 3.05) is 6.26 Å². The average Bonchev–Trinajstić information content (AvgIpc) is 1.94. The van der Waals surface area contributed by atoms with Crippen molar-refractivity contribution in [2.45, 2.75) is 0 Å². The van der Waals surface area contributed by atoms with Crippen molar-refractivity contribution in [3.05, 3.63) is 35.4 Å². The lowest BCUT2D eigenvalue weighted by Crippen LogP contribution is -2.01. The zero-order chi connectivity index (χ0) is 10.1. The van der Waals surface area contributed by atoms with E-state index in [0.29, 0.717) is 0 Å². The van der Waals surface area contributed by atoms with E-state index in [0.717, 1.165) is 29.8 Å². The third-order valence-electron chi connectivity index (χ3n) is 1.30. The van der Waals surface area contributed by atoms with Gasteiger partial charge < -0.3 is 4.55 Å². The highest BCUT2D eigenvalue weighted by molar-refractivity contribution is 7.95. The van der Waals surface area contributed by atoms with Gasteiger partial charge in [-0.2, -0.15) is 0 Å². The van der Waals surface area contributed by atoms with Crippen LogP contribution in [0.5, 0.6) is 0 Å². The maximum atomic E-state index is 12.9. The lowest BCUT2D eigenvalue weighted by Gasteiger charge is -1.98. The van der Waals surface area contributed by atoms with Gasteiger partial charge in [-0.1, -0.05) is 0 Å². The molecule has 0 fully saturated rings. The van der Waals surface area contributed by atoms with Gasteiger partial charge >= 0.3 is 0 Å². The van der Waals surface area contributed by atoms with E-state index in [9.17, 15) is 13.0 Å². The van der Waals surface area contributed by atoms with E-state index in [2.05, 4.69) is 0 Å². The van der Waals surface area contributed by atoms with Crippen LogP contribution >= 0.6 is 0 Å². The van der Waals surface area contributed by atoms with Gasteiger partial charge in [0.25, 0.3) is 0 Å². The number of halogens is 2. The molecule has 5 heteroatoms. The molecule has 1 N–H and O–H groups in total. The molecule has 0 aromatic heterocycles. The van der Waals surface area contributed by atoms with Crippen molar-refractivity contribution in [3.63, 3.8) is 0 Å². The van der Waals surface area contributed by atoms with Crippen LogP contribution in [0.15, 0.2) is 18.2 Å². The lowest BCUT2D eigenvalue weighted by atomic mass is 10.2. The van der Waals surface area contributed by atoms with Gasteiger partial charge in [0.1, 0.15) is 11.6 Å². The third kappa shape index (κ3) is 3.12. The molecule has 0 bridgehead atoms. The third-order valence-corrected chi connectivity index (χ3v) is 1.99.